The van der Waals surface area contributed by atoms with E-state index in [1.807, 2.05) is 13.8 Å². The normalized spacial score (nSPS) is 30.7. The zero-order chi connectivity index (χ0) is 21.3. The van der Waals surface area contributed by atoms with E-state index in [9.17, 15) is 19.5 Å². The molecule has 1 N–H and O–H groups in total. The summed E-state index contributed by atoms with van der Waals surface area (Å²) in [5.74, 6) is -2.04. The Labute approximate surface area is 165 Å². The molecule has 2 bridgehead atoms. The number of esters is 3. The molecule has 1 aliphatic heterocycles. The summed E-state index contributed by atoms with van der Waals surface area (Å²) in [5.41, 5.74) is -2.00. The molecule has 7 nitrogen and oxygen atoms in total. The van der Waals surface area contributed by atoms with Gasteiger partial charge in [-0.15, -0.1) is 0 Å². The highest BCUT2D eigenvalue weighted by atomic mass is 16.6. The van der Waals surface area contributed by atoms with Gasteiger partial charge >= 0.3 is 17.9 Å². The number of ether oxygens (including phenoxy) is 3. The fraction of sp³-hybridized carbons (Fsp3) is 0.667. The number of carbonyl (C=O) groups excluding carboxylic acids is 3. The zero-order valence-corrected chi connectivity index (χ0v) is 17.1. The van der Waals surface area contributed by atoms with E-state index in [-0.39, 0.29) is 48.4 Å². The molecule has 1 saturated heterocycles. The van der Waals surface area contributed by atoms with Crippen LogP contribution in [0.2, 0.25) is 0 Å². The molecule has 28 heavy (non-hydrogen) atoms. The molecule has 0 amide bonds. The monoisotopic (exact) mass is 394 g/mol. The average Bonchev–Trinajstić information content (AvgIpc) is 2.69. The lowest BCUT2D eigenvalue weighted by molar-refractivity contribution is -0.209. The third kappa shape index (κ3) is 4.39. The maximum atomic E-state index is 12.8. The van der Waals surface area contributed by atoms with Crippen LogP contribution >= 0.6 is 0 Å². The van der Waals surface area contributed by atoms with Gasteiger partial charge in [0.25, 0.3) is 0 Å². The zero-order valence-electron chi connectivity index (χ0n) is 17.1. The van der Waals surface area contributed by atoms with Crippen LogP contribution in [0.15, 0.2) is 24.5 Å². The quantitative estimate of drug-likeness (QED) is 0.292. The van der Waals surface area contributed by atoms with E-state index < -0.39 is 29.2 Å². The Kier molecular flexibility index (Phi) is 6.26. The van der Waals surface area contributed by atoms with Crippen molar-refractivity contribution in [3.05, 3.63) is 24.5 Å². The molecule has 7 heteroatoms. The minimum absolute atomic E-state index is 0.0584. The third-order valence-electron chi connectivity index (χ3n) is 5.76. The third-order valence-corrected chi connectivity index (χ3v) is 5.76. The Morgan fingerprint density at radius 2 is 2.04 bits per heavy atom. The van der Waals surface area contributed by atoms with Crippen LogP contribution in [-0.4, -0.2) is 40.3 Å². The molecule has 5 atom stereocenters. The molecule has 1 heterocycles. The minimum Gasteiger partial charge on any atom is -0.513 e. The van der Waals surface area contributed by atoms with Crippen LogP contribution in [-0.2, 0) is 28.6 Å². The van der Waals surface area contributed by atoms with E-state index in [1.54, 1.807) is 6.92 Å². The number of fused-ring (bicyclic) bond motifs is 2. The summed E-state index contributed by atoms with van der Waals surface area (Å²) in [6, 6.07) is 0. The SMILES string of the molecule is C=C(O)CC(C)(CC)OC(=O)CC1(OC(=O)C(=C)C)C2CC(=O)OC1C(C)C2. The predicted molar refractivity (Wildman–Crippen MR) is 101 cm³/mol. The second-order valence-electron chi connectivity index (χ2n) is 8.35. The maximum Gasteiger partial charge on any atom is 0.333 e. The van der Waals surface area contributed by atoms with Crippen LogP contribution in [0, 0.1) is 11.8 Å². The van der Waals surface area contributed by atoms with Crippen molar-refractivity contribution < 1.29 is 33.7 Å². The van der Waals surface area contributed by atoms with Gasteiger partial charge in [0, 0.05) is 17.9 Å². The first-order valence-corrected chi connectivity index (χ1v) is 9.59. The van der Waals surface area contributed by atoms with Gasteiger partial charge in [-0.2, -0.15) is 0 Å². The summed E-state index contributed by atoms with van der Waals surface area (Å²) in [6.07, 6.45) is 0.310. The van der Waals surface area contributed by atoms with Gasteiger partial charge < -0.3 is 19.3 Å². The molecule has 2 rings (SSSR count). The molecule has 0 radical (unpaired) electrons. The maximum absolute atomic E-state index is 12.8. The van der Waals surface area contributed by atoms with Crippen molar-refractivity contribution in [2.24, 2.45) is 11.8 Å². The molecule has 0 aromatic rings. The molecule has 0 spiro atoms. The smallest absolute Gasteiger partial charge is 0.333 e. The van der Waals surface area contributed by atoms with Crippen molar-refractivity contribution in [2.45, 2.75) is 77.1 Å². The van der Waals surface area contributed by atoms with E-state index in [0.717, 1.165) is 0 Å². The summed E-state index contributed by atoms with van der Waals surface area (Å²) in [4.78, 5) is 37.1. The molecule has 5 unspecified atom stereocenters. The van der Waals surface area contributed by atoms with Gasteiger partial charge in [-0.3, -0.25) is 9.59 Å². The number of carbonyl (C=O) groups is 3. The Balaban J connectivity index is 2.30. The van der Waals surface area contributed by atoms with Gasteiger partial charge in [-0.1, -0.05) is 27.0 Å². The molecule has 2 fully saturated rings. The highest BCUT2D eigenvalue weighted by Crippen LogP contribution is 2.51. The molecule has 1 aliphatic carbocycles. The Morgan fingerprint density at radius 1 is 1.39 bits per heavy atom. The fourth-order valence-corrected chi connectivity index (χ4v) is 4.23. The first kappa shape index (κ1) is 22.0. The van der Waals surface area contributed by atoms with Gasteiger partial charge in [0.05, 0.1) is 18.6 Å². The lowest BCUT2D eigenvalue weighted by Gasteiger charge is -2.42. The fourth-order valence-electron chi connectivity index (χ4n) is 4.23. The second kappa shape index (κ2) is 7.97. The lowest BCUT2D eigenvalue weighted by Crippen LogP contribution is -2.55. The predicted octanol–water partition coefficient (Wildman–Crippen LogP) is 3.38. The first-order chi connectivity index (χ1) is 12.9. The Bertz CT molecular complexity index is 697. The summed E-state index contributed by atoms with van der Waals surface area (Å²) in [6.45, 7) is 14.0. The molecular weight excluding hydrogens is 364 g/mol. The van der Waals surface area contributed by atoms with E-state index in [2.05, 4.69) is 13.2 Å². The van der Waals surface area contributed by atoms with Gasteiger partial charge in [0.15, 0.2) is 5.60 Å². The van der Waals surface area contributed by atoms with E-state index in [1.165, 1.54) is 6.92 Å². The topological polar surface area (TPSA) is 99.1 Å². The molecule has 1 saturated carbocycles. The van der Waals surface area contributed by atoms with Crippen molar-refractivity contribution in [1.82, 2.24) is 0 Å². The van der Waals surface area contributed by atoms with Gasteiger partial charge in [-0.25, -0.2) is 4.79 Å². The van der Waals surface area contributed by atoms with Crippen LogP contribution in [0.4, 0.5) is 0 Å². The van der Waals surface area contributed by atoms with Gasteiger partial charge in [-0.05, 0) is 32.6 Å². The number of hydrogen-bond donors (Lipinski definition) is 1. The molecule has 2 aliphatic rings. The lowest BCUT2D eigenvalue weighted by atomic mass is 9.81. The number of hydrogen-bond acceptors (Lipinski definition) is 7. The Hall–Kier alpha value is -2.31. The molecule has 156 valence electrons. The number of rotatable bonds is 8. The van der Waals surface area contributed by atoms with Crippen LogP contribution in [0.5, 0.6) is 0 Å². The van der Waals surface area contributed by atoms with Gasteiger partial charge in [0.1, 0.15) is 11.7 Å². The number of aliphatic hydroxyl groups is 1. The van der Waals surface area contributed by atoms with E-state index in [4.69, 9.17) is 14.2 Å². The molecule has 0 aromatic carbocycles. The number of aliphatic hydroxyl groups excluding tert-OH is 1. The van der Waals surface area contributed by atoms with Crippen molar-refractivity contribution in [3.63, 3.8) is 0 Å². The average molecular weight is 394 g/mol. The van der Waals surface area contributed by atoms with Crippen LogP contribution in [0.3, 0.4) is 0 Å². The van der Waals surface area contributed by atoms with Crippen molar-refractivity contribution in [2.75, 3.05) is 0 Å². The van der Waals surface area contributed by atoms with Gasteiger partial charge in [0.2, 0.25) is 0 Å². The molecular formula is C21H30O7. The summed E-state index contributed by atoms with van der Waals surface area (Å²) >= 11 is 0. The summed E-state index contributed by atoms with van der Waals surface area (Å²) < 4.78 is 16.9. The van der Waals surface area contributed by atoms with Crippen molar-refractivity contribution in [3.8, 4) is 0 Å². The van der Waals surface area contributed by atoms with Crippen LogP contribution < -0.4 is 0 Å². The highest BCUT2D eigenvalue weighted by molar-refractivity contribution is 5.88. The Morgan fingerprint density at radius 3 is 2.54 bits per heavy atom. The summed E-state index contributed by atoms with van der Waals surface area (Å²) in [7, 11) is 0. The van der Waals surface area contributed by atoms with E-state index in [0.29, 0.717) is 12.8 Å². The second-order valence-corrected chi connectivity index (χ2v) is 8.35. The molecule has 0 aromatic heterocycles. The standard InChI is InChI=1S/C21H30O7/c1-7-20(6,10-14(5)22)27-17(24)11-21(28-19(25)12(2)3)15-8-13(4)18(21)26-16(23)9-15/h13,15,18,22H,2,5,7-11H2,1,3-4,6H3. The van der Waals surface area contributed by atoms with Crippen molar-refractivity contribution >= 4 is 17.9 Å². The van der Waals surface area contributed by atoms with Crippen molar-refractivity contribution in [1.29, 1.82) is 0 Å². The van der Waals surface area contributed by atoms with Crippen LogP contribution in [0.1, 0.15) is 59.8 Å². The largest absolute Gasteiger partial charge is 0.513 e. The highest BCUT2D eigenvalue weighted by Gasteiger charge is 2.63. The van der Waals surface area contributed by atoms with E-state index >= 15 is 0 Å². The summed E-state index contributed by atoms with van der Waals surface area (Å²) in [5, 5.41) is 9.52. The van der Waals surface area contributed by atoms with Crippen LogP contribution in [0.25, 0.3) is 0 Å². The first-order valence-electron chi connectivity index (χ1n) is 9.59. The minimum atomic E-state index is -1.27.